The first kappa shape index (κ1) is 18.3. The highest BCUT2D eigenvalue weighted by Gasteiger charge is 2.19. The lowest BCUT2D eigenvalue weighted by molar-refractivity contribution is -0.129. The van der Waals surface area contributed by atoms with E-state index in [1.165, 1.54) is 6.92 Å². The van der Waals surface area contributed by atoms with E-state index in [0.717, 1.165) is 5.56 Å². The molecule has 0 aliphatic rings. The van der Waals surface area contributed by atoms with Crippen molar-refractivity contribution in [2.45, 2.75) is 19.5 Å². The molecular weight excluding hydrogens is 300 g/mol. The van der Waals surface area contributed by atoms with Crippen LogP contribution in [-0.4, -0.2) is 37.6 Å². The SMILES string of the molecule is CC(=O)N[C@H](COCCN=[N+]=[N-])C(=O)NCc1ccc(N)cc1. The Bertz CT molecular complexity index is 568. The quantitative estimate of drug-likeness (QED) is 0.202. The van der Waals surface area contributed by atoms with Gasteiger partial charge in [-0.05, 0) is 23.2 Å². The van der Waals surface area contributed by atoms with Crippen molar-refractivity contribution in [1.82, 2.24) is 10.6 Å². The van der Waals surface area contributed by atoms with E-state index in [2.05, 4.69) is 20.7 Å². The van der Waals surface area contributed by atoms with Crippen molar-refractivity contribution in [3.8, 4) is 0 Å². The molecule has 0 unspecified atom stereocenters. The van der Waals surface area contributed by atoms with Gasteiger partial charge in [-0.2, -0.15) is 0 Å². The number of carbonyl (C=O) groups excluding carboxylic acids is 2. The van der Waals surface area contributed by atoms with E-state index in [1.807, 2.05) is 0 Å². The van der Waals surface area contributed by atoms with Crippen molar-refractivity contribution in [2.24, 2.45) is 5.11 Å². The van der Waals surface area contributed by atoms with Gasteiger partial charge in [0.25, 0.3) is 0 Å². The van der Waals surface area contributed by atoms with Crippen molar-refractivity contribution in [3.05, 3.63) is 40.3 Å². The van der Waals surface area contributed by atoms with Crippen LogP contribution < -0.4 is 16.4 Å². The summed E-state index contributed by atoms with van der Waals surface area (Å²) in [6.45, 7) is 1.96. The maximum atomic E-state index is 12.1. The number of amides is 2. The average molecular weight is 320 g/mol. The molecule has 0 heterocycles. The summed E-state index contributed by atoms with van der Waals surface area (Å²) in [6.07, 6.45) is 0. The predicted molar refractivity (Wildman–Crippen MR) is 85.1 cm³/mol. The zero-order valence-corrected chi connectivity index (χ0v) is 12.9. The summed E-state index contributed by atoms with van der Waals surface area (Å²) in [4.78, 5) is 25.9. The van der Waals surface area contributed by atoms with E-state index < -0.39 is 6.04 Å². The molecule has 1 rings (SSSR count). The van der Waals surface area contributed by atoms with Gasteiger partial charge in [0.1, 0.15) is 6.04 Å². The molecule has 9 heteroatoms. The molecular formula is C14H20N6O3. The van der Waals surface area contributed by atoms with Gasteiger partial charge < -0.3 is 21.1 Å². The molecule has 0 bridgehead atoms. The van der Waals surface area contributed by atoms with E-state index in [0.29, 0.717) is 12.2 Å². The monoisotopic (exact) mass is 320 g/mol. The van der Waals surface area contributed by atoms with E-state index in [9.17, 15) is 9.59 Å². The van der Waals surface area contributed by atoms with Crippen LogP contribution in [0.25, 0.3) is 10.4 Å². The fourth-order valence-electron chi connectivity index (χ4n) is 1.73. The molecule has 2 amide bonds. The van der Waals surface area contributed by atoms with Crippen LogP contribution in [0.3, 0.4) is 0 Å². The third kappa shape index (κ3) is 7.70. The average Bonchev–Trinajstić information content (AvgIpc) is 2.52. The Hall–Kier alpha value is -2.77. The van der Waals surface area contributed by atoms with Gasteiger partial charge in [-0.25, -0.2) is 0 Å². The van der Waals surface area contributed by atoms with Crippen molar-refractivity contribution in [1.29, 1.82) is 0 Å². The molecule has 0 spiro atoms. The maximum absolute atomic E-state index is 12.1. The molecule has 0 fully saturated rings. The van der Waals surface area contributed by atoms with Crippen LogP contribution in [0.5, 0.6) is 0 Å². The van der Waals surface area contributed by atoms with Crippen LogP contribution in [-0.2, 0) is 20.9 Å². The lowest BCUT2D eigenvalue weighted by Gasteiger charge is -2.17. The molecule has 0 aliphatic carbocycles. The van der Waals surface area contributed by atoms with Crippen molar-refractivity contribution >= 4 is 17.5 Å². The van der Waals surface area contributed by atoms with Crippen molar-refractivity contribution in [3.63, 3.8) is 0 Å². The molecule has 124 valence electrons. The first-order valence-corrected chi connectivity index (χ1v) is 7.00. The lowest BCUT2D eigenvalue weighted by Crippen LogP contribution is -2.48. The third-order valence-electron chi connectivity index (χ3n) is 2.82. The second-order valence-electron chi connectivity index (χ2n) is 4.74. The lowest BCUT2D eigenvalue weighted by atomic mass is 10.2. The molecule has 0 saturated carbocycles. The molecule has 23 heavy (non-hydrogen) atoms. The zero-order chi connectivity index (χ0) is 17.1. The molecule has 0 aromatic heterocycles. The van der Waals surface area contributed by atoms with Gasteiger partial charge in [0.15, 0.2) is 0 Å². The van der Waals surface area contributed by atoms with Crippen LogP contribution in [0.4, 0.5) is 5.69 Å². The van der Waals surface area contributed by atoms with Gasteiger partial charge in [0.2, 0.25) is 11.8 Å². The van der Waals surface area contributed by atoms with Crippen LogP contribution in [0.15, 0.2) is 29.4 Å². The fraction of sp³-hybridized carbons (Fsp3) is 0.429. The van der Waals surface area contributed by atoms with Crippen LogP contribution >= 0.6 is 0 Å². The Labute approximate surface area is 133 Å². The number of benzene rings is 1. The molecule has 0 aliphatic heterocycles. The molecule has 1 atom stereocenters. The number of nitrogen functional groups attached to an aromatic ring is 1. The van der Waals surface area contributed by atoms with Gasteiger partial charge in [0.05, 0.1) is 13.2 Å². The van der Waals surface area contributed by atoms with E-state index in [4.69, 9.17) is 16.0 Å². The number of azide groups is 1. The molecule has 4 N–H and O–H groups in total. The van der Waals surface area contributed by atoms with Crippen LogP contribution in [0.2, 0.25) is 0 Å². The standard InChI is InChI=1S/C14H20N6O3/c1-10(21)19-13(9-23-7-6-18-20-16)14(22)17-8-11-2-4-12(15)5-3-11/h2-5,13H,6-9,15H2,1H3,(H,17,22)(H,19,21)/t13-/m1/s1. The van der Waals surface area contributed by atoms with Crippen LogP contribution in [0, 0.1) is 0 Å². The van der Waals surface area contributed by atoms with Crippen LogP contribution in [0.1, 0.15) is 12.5 Å². The smallest absolute Gasteiger partial charge is 0.245 e. The molecule has 1 aromatic rings. The largest absolute Gasteiger partial charge is 0.399 e. The molecule has 0 saturated heterocycles. The number of carbonyl (C=O) groups is 2. The number of nitrogens with two attached hydrogens (primary N) is 1. The highest BCUT2D eigenvalue weighted by atomic mass is 16.5. The minimum Gasteiger partial charge on any atom is -0.399 e. The summed E-state index contributed by atoms with van der Waals surface area (Å²) in [6, 6.07) is 6.28. The number of rotatable bonds is 9. The minimum absolute atomic E-state index is 0.00585. The molecule has 1 aromatic carbocycles. The summed E-state index contributed by atoms with van der Waals surface area (Å²) in [7, 11) is 0. The number of hydrogen-bond acceptors (Lipinski definition) is 5. The van der Waals surface area contributed by atoms with E-state index in [-0.39, 0.29) is 31.6 Å². The van der Waals surface area contributed by atoms with E-state index in [1.54, 1.807) is 24.3 Å². The Balaban J connectivity index is 2.48. The first-order chi connectivity index (χ1) is 11.0. The number of ether oxygens (including phenoxy) is 1. The number of anilines is 1. The highest BCUT2D eigenvalue weighted by molar-refractivity contribution is 5.86. The Morgan fingerprint density at radius 2 is 2.09 bits per heavy atom. The summed E-state index contributed by atoms with van der Waals surface area (Å²) in [5.41, 5.74) is 15.3. The summed E-state index contributed by atoms with van der Waals surface area (Å²) in [5, 5.41) is 8.55. The first-order valence-electron chi connectivity index (χ1n) is 7.00. The normalized spacial score (nSPS) is 11.2. The highest BCUT2D eigenvalue weighted by Crippen LogP contribution is 2.05. The van der Waals surface area contributed by atoms with Crippen molar-refractivity contribution < 1.29 is 14.3 Å². The maximum Gasteiger partial charge on any atom is 0.245 e. The van der Waals surface area contributed by atoms with Gasteiger partial charge in [-0.1, -0.05) is 17.2 Å². The fourth-order valence-corrected chi connectivity index (χ4v) is 1.73. The topological polar surface area (TPSA) is 142 Å². The van der Waals surface area contributed by atoms with Crippen molar-refractivity contribution in [2.75, 3.05) is 25.5 Å². The summed E-state index contributed by atoms with van der Waals surface area (Å²) >= 11 is 0. The Morgan fingerprint density at radius 3 is 2.70 bits per heavy atom. The Morgan fingerprint density at radius 1 is 1.39 bits per heavy atom. The third-order valence-corrected chi connectivity index (χ3v) is 2.82. The van der Waals surface area contributed by atoms with E-state index >= 15 is 0 Å². The number of nitrogens with one attached hydrogen (secondary N) is 2. The minimum atomic E-state index is -0.813. The Kier molecular flexibility index (Phi) is 7.98. The number of hydrogen-bond donors (Lipinski definition) is 3. The second-order valence-corrected chi connectivity index (χ2v) is 4.74. The number of nitrogens with zero attached hydrogens (tertiary/aromatic N) is 3. The van der Waals surface area contributed by atoms with Gasteiger partial charge in [-0.15, -0.1) is 0 Å². The molecule has 9 nitrogen and oxygen atoms in total. The summed E-state index contributed by atoms with van der Waals surface area (Å²) < 4.78 is 5.23. The zero-order valence-electron chi connectivity index (χ0n) is 12.9. The molecule has 0 radical (unpaired) electrons. The van der Waals surface area contributed by atoms with Gasteiger partial charge in [0, 0.05) is 30.6 Å². The predicted octanol–water partition coefficient (Wildman–Crippen LogP) is 0.717. The second kappa shape index (κ2) is 10.0. The van der Waals surface area contributed by atoms with Gasteiger partial charge in [-0.3, -0.25) is 9.59 Å². The summed E-state index contributed by atoms with van der Waals surface area (Å²) in [5.74, 6) is -0.697. The van der Waals surface area contributed by atoms with Gasteiger partial charge >= 0.3 is 0 Å².